The van der Waals surface area contributed by atoms with Crippen LogP contribution >= 0.6 is 11.3 Å². The number of aromatic carboxylic acids is 1. The number of rotatable bonds is 3. The van der Waals surface area contributed by atoms with Gasteiger partial charge in [0.2, 0.25) is 0 Å². The van der Waals surface area contributed by atoms with Crippen molar-refractivity contribution in [2.45, 2.75) is 5.75 Å². The quantitative estimate of drug-likeness (QED) is 0.798. The van der Waals surface area contributed by atoms with E-state index in [1.807, 2.05) is 0 Å². The zero-order chi connectivity index (χ0) is 13.5. The van der Waals surface area contributed by atoms with Crippen LogP contribution in [0.4, 0.5) is 0 Å². The lowest BCUT2D eigenvalue weighted by Crippen LogP contribution is -2.12. The molecular formula is C9H7BO6S2. The Kier molecular flexibility index (Phi) is 3.03. The number of carbonyl (C=O) groups is 1. The second-order valence-corrected chi connectivity index (χ2v) is 7.07. The minimum absolute atomic E-state index is 0.168. The van der Waals surface area contributed by atoms with E-state index in [9.17, 15) is 18.0 Å². The van der Waals surface area contributed by atoms with Crippen molar-refractivity contribution in [2.24, 2.45) is 0 Å². The highest BCUT2D eigenvalue weighted by Crippen LogP contribution is 2.26. The maximum atomic E-state index is 11.3. The average Bonchev–Trinajstić information content (AvgIpc) is 2.54. The zero-order valence-electron chi connectivity index (χ0n) is 9.17. The van der Waals surface area contributed by atoms with E-state index in [4.69, 9.17) is 9.52 Å². The molecule has 0 aliphatic carbocycles. The minimum atomic E-state index is -3.19. The van der Waals surface area contributed by atoms with Crippen LogP contribution in [0.25, 0.3) is 10.3 Å². The predicted octanol–water partition coefficient (Wildman–Crippen LogP) is 0.0156. The van der Waals surface area contributed by atoms with E-state index in [1.54, 1.807) is 0 Å². The van der Waals surface area contributed by atoms with Gasteiger partial charge in [0.25, 0.3) is 7.12 Å². The fourth-order valence-corrected chi connectivity index (χ4v) is 3.75. The third-order valence-corrected chi connectivity index (χ3v) is 4.19. The minimum Gasteiger partial charge on any atom is -0.477 e. The average molecular weight is 286 g/mol. The van der Waals surface area contributed by atoms with Crippen LogP contribution in [0.3, 0.4) is 0 Å². The molecule has 0 aliphatic rings. The summed E-state index contributed by atoms with van der Waals surface area (Å²) in [5.74, 6) is -1.54. The fraction of sp³-hybridized carbons (Fsp3) is 0.111. The molecule has 0 saturated carbocycles. The summed E-state index contributed by atoms with van der Waals surface area (Å²) in [6.07, 6.45) is 0. The van der Waals surface area contributed by atoms with E-state index in [2.05, 4.69) is 0 Å². The van der Waals surface area contributed by atoms with Crippen molar-refractivity contribution < 1.29 is 22.7 Å². The summed E-state index contributed by atoms with van der Waals surface area (Å²) in [6, 6.07) is 2.63. The molecule has 2 rings (SSSR count). The molecule has 6 nitrogen and oxygen atoms in total. The molecule has 0 atom stereocenters. The van der Waals surface area contributed by atoms with Crippen LogP contribution in [-0.4, -0.2) is 26.6 Å². The van der Waals surface area contributed by atoms with Gasteiger partial charge in [0, 0.05) is 4.88 Å². The molecule has 0 amide bonds. The largest absolute Gasteiger partial charge is 0.477 e. The number of thiophene rings is 1. The second-order valence-electron chi connectivity index (χ2n) is 3.76. The normalized spacial score (nSPS) is 11.8. The van der Waals surface area contributed by atoms with Gasteiger partial charge in [-0.1, -0.05) is 0 Å². The van der Waals surface area contributed by atoms with E-state index in [0.29, 0.717) is 9.58 Å². The molecule has 2 aromatic heterocycles. The summed E-state index contributed by atoms with van der Waals surface area (Å²) in [7, 11) is -2.09. The third kappa shape index (κ3) is 2.62. The topological polar surface area (TPSA) is 102 Å². The van der Waals surface area contributed by atoms with Crippen LogP contribution in [-0.2, 0) is 15.4 Å². The highest BCUT2D eigenvalue weighted by atomic mass is 32.2. The number of carboxylic acid groups (broad SMARTS) is 1. The summed E-state index contributed by atoms with van der Waals surface area (Å²) in [5, 5.41) is 8.77. The molecule has 18 heavy (non-hydrogen) atoms. The van der Waals surface area contributed by atoms with Crippen LogP contribution in [0.15, 0.2) is 21.3 Å². The van der Waals surface area contributed by atoms with E-state index in [1.165, 1.54) is 12.1 Å². The van der Waals surface area contributed by atoms with Gasteiger partial charge in [-0.3, -0.25) is 0 Å². The Labute approximate surface area is 106 Å². The van der Waals surface area contributed by atoms with Gasteiger partial charge < -0.3 is 9.52 Å². The molecule has 2 aromatic rings. The van der Waals surface area contributed by atoms with Crippen molar-refractivity contribution in [3.05, 3.63) is 33.0 Å². The molecule has 1 N–H and O–H groups in total. The smallest absolute Gasteiger partial charge is 0.351 e. The van der Waals surface area contributed by atoms with E-state index in [-0.39, 0.29) is 11.3 Å². The van der Waals surface area contributed by atoms with Gasteiger partial charge >= 0.3 is 11.6 Å². The lowest BCUT2D eigenvalue weighted by molar-refractivity contribution is 0.0692. The van der Waals surface area contributed by atoms with Gasteiger partial charge in [-0.05, 0) is 12.1 Å². The van der Waals surface area contributed by atoms with Gasteiger partial charge in [-0.25, -0.2) is 18.0 Å². The van der Waals surface area contributed by atoms with Crippen molar-refractivity contribution in [3.63, 3.8) is 0 Å². The van der Waals surface area contributed by atoms with Gasteiger partial charge in [0.15, 0.2) is 0 Å². The SMILES string of the molecule is BS(=O)(=O)Cc1cc2oc(=O)c(C(=O)O)cc2s1. The lowest BCUT2D eigenvalue weighted by Gasteiger charge is -1.91. The van der Waals surface area contributed by atoms with Crippen molar-refractivity contribution in [1.82, 2.24) is 0 Å². The molecule has 2 heterocycles. The summed E-state index contributed by atoms with van der Waals surface area (Å²) >= 11 is 1.09. The number of fused-ring (bicyclic) bond motifs is 1. The molecule has 9 heteroatoms. The first-order valence-electron chi connectivity index (χ1n) is 4.74. The Morgan fingerprint density at radius 2 is 2.11 bits per heavy atom. The monoisotopic (exact) mass is 286 g/mol. The first-order chi connectivity index (χ1) is 8.26. The lowest BCUT2D eigenvalue weighted by atomic mass is 10.3. The van der Waals surface area contributed by atoms with E-state index >= 15 is 0 Å². The molecule has 0 spiro atoms. The predicted molar refractivity (Wildman–Crippen MR) is 68.5 cm³/mol. The standard InChI is InChI=1S/C9H7BO6S2/c10-18(14,15)3-4-1-6-7(17-4)2-5(8(11)12)9(13)16-6/h1-2H,3,10H2,(H,11,12). The van der Waals surface area contributed by atoms with Gasteiger partial charge in [-0.2, -0.15) is 0 Å². The summed E-state index contributed by atoms with van der Waals surface area (Å²) in [6.45, 7) is 0. The molecule has 0 bridgehead atoms. The molecule has 0 saturated heterocycles. The third-order valence-electron chi connectivity index (χ3n) is 2.11. The first-order valence-corrected chi connectivity index (χ1v) is 7.61. The Morgan fingerprint density at radius 3 is 2.67 bits per heavy atom. The highest BCUT2D eigenvalue weighted by Gasteiger charge is 2.15. The van der Waals surface area contributed by atoms with Crippen LogP contribution in [0.1, 0.15) is 15.2 Å². The van der Waals surface area contributed by atoms with Crippen LogP contribution in [0.2, 0.25) is 0 Å². The van der Waals surface area contributed by atoms with Crippen LogP contribution < -0.4 is 5.63 Å². The molecular weight excluding hydrogens is 279 g/mol. The van der Waals surface area contributed by atoms with Gasteiger partial charge in [0.1, 0.15) is 20.8 Å². The molecule has 0 aromatic carbocycles. The molecule has 0 radical (unpaired) electrons. The van der Waals surface area contributed by atoms with Crippen molar-refractivity contribution in [2.75, 3.05) is 0 Å². The highest BCUT2D eigenvalue weighted by molar-refractivity contribution is 8.11. The molecule has 0 fully saturated rings. The molecule has 94 valence electrons. The Hall–Kier alpha value is -1.61. The Morgan fingerprint density at radius 1 is 1.44 bits per heavy atom. The molecule has 0 unspecified atom stereocenters. The number of carboxylic acids is 1. The van der Waals surface area contributed by atoms with Crippen molar-refractivity contribution in [1.29, 1.82) is 0 Å². The summed E-state index contributed by atoms with van der Waals surface area (Å²) < 4.78 is 27.5. The fourth-order valence-electron chi connectivity index (χ4n) is 1.44. The van der Waals surface area contributed by atoms with Gasteiger partial charge in [-0.15, -0.1) is 11.3 Å². The second kappa shape index (κ2) is 4.25. The maximum Gasteiger partial charge on any atom is 0.351 e. The van der Waals surface area contributed by atoms with Crippen molar-refractivity contribution in [3.8, 4) is 0 Å². The first kappa shape index (κ1) is 12.8. The van der Waals surface area contributed by atoms with Crippen molar-refractivity contribution >= 4 is 44.4 Å². The van der Waals surface area contributed by atoms with Crippen LogP contribution in [0.5, 0.6) is 0 Å². The van der Waals surface area contributed by atoms with Crippen LogP contribution in [0, 0.1) is 0 Å². The molecule has 0 aliphatic heterocycles. The number of hydrogen-bond donors (Lipinski definition) is 1. The number of hydrogen-bond acceptors (Lipinski definition) is 6. The Bertz CT molecular complexity index is 785. The Balaban J connectivity index is 2.59. The van der Waals surface area contributed by atoms with E-state index < -0.39 is 26.8 Å². The maximum absolute atomic E-state index is 11.3. The summed E-state index contributed by atoms with van der Waals surface area (Å²) in [5.41, 5.74) is -1.21. The van der Waals surface area contributed by atoms with Gasteiger partial charge in [0.05, 0.1) is 10.5 Å². The summed E-state index contributed by atoms with van der Waals surface area (Å²) in [4.78, 5) is 22.6. The van der Waals surface area contributed by atoms with E-state index in [0.717, 1.165) is 18.5 Å². The zero-order valence-corrected chi connectivity index (χ0v) is 10.8.